The third-order valence-electron chi connectivity index (χ3n) is 5.42. The highest BCUT2D eigenvalue weighted by molar-refractivity contribution is 6.47. The van der Waals surface area contributed by atoms with Crippen LogP contribution in [-0.2, 0) is 11.2 Å². The number of nitro groups is 1. The summed E-state index contributed by atoms with van der Waals surface area (Å²) in [5.41, 5.74) is 5.84. The van der Waals surface area contributed by atoms with E-state index in [9.17, 15) is 20.3 Å². The number of hydrogen-bond acceptors (Lipinski definition) is 11. The summed E-state index contributed by atoms with van der Waals surface area (Å²) in [6.07, 6.45) is -0.387. The van der Waals surface area contributed by atoms with Gasteiger partial charge in [0.25, 0.3) is 5.69 Å². The van der Waals surface area contributed by atoms with Crippen molar-refractivity contribution in [3.05, 3.63) is 33.9 Å². The van der Waals surface area contributed by atoms with Gasteiger partial charge in [0, 0.05) is 18.4 Å². The second kappa shape index (κ2) is 7.72. The Labute approximate surface area is 171 Å². The minimum absolute atomic E-state index is 0.0307. The summed E-state index contributed by atoms with van der Waals surface area (Å²) in [6, 6.07) is 4.55. The summed E-state index contributed by atoms with van der Waals surface area (Å²) in [7, 11) is 1.43. The molecule has 0 bridgehead atoms. The number of benzene rings is 1. The Morgan fingerprint density at radius 3 is 2.97 bits per heavy atom. The zero-order valence-electron chi connectivity index (χ0n) is 16.2. The highest BCUT2D eigenvalue weighted by Crippen LogP contribution is 2.32. The Morgan fingerprint density at radius 1 is 1.50 bits per heavy atom. The molecule has 4 rings (SSSR count). The molecule has 4 N–H and O–H groups in total. The Kier molecular flexibility index (Phi) is 5.24. The van der Waals surface area contributed by atoms with E-state index in [0.29, 0.717) is 22.9 Å². The molecule has 1 aromatic rings. The van der Waals surface area contributed by atoms with Crippen molar-refractivity contribution in [1.82, 2.24) is 4.90 Å². The second-order valence-electron chi connectivity index (χ2n) is 7.28. The molecule has 1 saturated heterocycles. The predicted molar refractivity (Wildman–Crippen MR) is 107 cm³/mol. The topological polar surface area (TPSA) is 168 Å². The number of rotatable bonds is 6. The fraction of sp³-hybridized carbons (Fsp3) is 0.500. The van der Waals surface area contributed by atoms with Crippen LogP contribution in [0.2, 0.25) is 0 Å². The highest BCUT2D eigenvalue weighted by atomic mass is 16.6. The monoisotopic (exact) mass is 418 g/mol. The average Bonchev–Trinajstić information content (AvgIpc) is 3.32. The second-order valence-corrected chi connectivity index (χ2v) is 7.28. The zero-order chi connectivity index (χ0) is 21.5. The molecule has 30 heavy (non-hydrogen) atoms. The SMILES string of the molecule is COc1ccc(CC2(N)N=CN=C3C2=NCN3[C@H]2C[C@H](O)[C@@H](CO)O2)c([N+](=O)[O-])c1. The number of aliphatic hydroxyl groups is 2. The van der Waals surface area contributed by atoms with E-state index in [2.05, 4.69) is 15.0 Å². The molecule has 0 saturated carbocycles. The van der Waals surface area contributed by atoms with Gasteiger partial charge in [-0.25, -0.2) is 9.98 Å². The minimum Gasteiger partial charge on any atom is -0.497 e. The lowest BCUT2D eigenvalue weighted by Gasteiger charge is -2.31. The largest absolute Gasteiger partial charge is 0.497 e. The van der Waals surface area contributed by atoms with Crippen LogP contribution in [-0.4, -0.2) is 82.4 Å². The van der Waals surface area contributed by atoms with Crippen LogP contribution in [0.3, 0.4) is 0 Å². The van der Waals surface area contributed by atoms with Crippen molar-refractivity contribution in [3.63, 3.8) is 0 Å². The van der Waals surface area contributed by atoms with Gasteiger partial charge in [0.2, 0.25) is 0 Å². The van der Waals surface area contributed by atoms with Gasteiger partial charge in [0.1, 0.15) is 36.8 Å². The van der Waals surface area contributed by atoms with Crippen molar-refractivity contribution in [2.45, 2.75) is 36.9 Å². The number of hydrogen-bond donors (Lipinski definition) is 3. The zero-order valence-corrected chi connectivity index (χ0v) is 16.2. The van der Waals surface area contributed by atoms with Crippen LogP contribution >= 0.6 is 0 Å². The number of ether oxygens (including phenoxy) is 2. The van der Waals surface area contributed by atoms with Crippen molar-refractivity contribution in [2.75, 3.05) is 20.4 Å². The molecule has 0 spiro atoms. The Balaban J connectivity index is 1.58. The van der Waals surface area contributed by atoms with Gasteiger partial charge in [0.15, 0.2) is 11.5 Å². The van der Waals surface area contributed by atoms with Crippen molar-refractivity contribution < 1.29 is 24.6 Å². The fourth-order valence-corrected chi connectivity index (χ4v) is 3.84. The Morgan fingerprint density at radius 2 is 2.30 bits per heavy atom. The Bertz CT molecular complexity index is 949. The van der Waals surface area contributed by atoms with Gasteiger partial charge in [-0.1, -0.05) is 0 Å². The first kappa shape index (κ1) is 20.3. The molecule has 1 aromatic carbocycles. The number of nitrogens with zero attached hydrogens (tertiary/aromatic N) is 5. The quantitative estimate of drug-likeness (QED) is 0.407. The van der Waals surface area contributed by atoms with E-state index in [0.717, 1.165) is 0 Å². The summed E-state index contributed by atoms with van der Waals surface area (Å²) in [6.45, 7) is -0.105. The first-order valence-corrected chi connectivity index (χ1v) is 9.34. The third-order valence-corrected chi connectivity index (χ3v) is 5.42. The average molecular weight is 418 g/mol. The maximum Gasteiger partial charge on any atom is 0.276 e. The van der Waals surface area contributed by atoms with Crippen LogP contribution < -0.4 is 10.5 Å². The molecule has 0 aromatic heterocycles. The minimum atomic E-state index is -1.35. The van der Waals surface area contributed by atoms with Crippen LogP contribution in [0, 0.1) is 10.1 Å². The number of aliphatic imine (C=N–C) groups is 3. The maximum atomic E-state index is 11.5. The smallest absolute Gasteiger partial charge is 0.276 e. The van der Waals surface area contributed by atoms with E-state index >= 15 is 0 Å². The standard InChI is InChI=1S/C18H22N6O6/c1-29-11-3-2-10(12(4-11)24(27)28)6-18(19)16-17(20-8-22-18)23(9-21-16)15-5-13(26)14(7-25)30-15/h2-4,8,13-15,25-26H,5-7,9,19H2,1H3/t13-,14+,15+,18?/m0/s1. The number of methoxy groups -OCH3 is 1. The van der Waals surface area contributed by atoms with Gasteiger partial charge < -0.3 is 30.3 Å². The normalized spacial score (nSPS) is 30.1. The molecule has 12 heteroatoms. The van der Waals surface area contributed by atoms with Gasteiger partial charge >= 0.3 is 0 Å². The predicted octanol–water partition coefficient (Wildman–Crippen LogP) is -0.576. The van der Waals surface area contributed by atoms with E-state index in [1.165, 1.54) is 19.5 Å². The summed E-state index contributed by atoms with van der Waals surface area (Å²) in [5, 5.41) is 30.9. The van der Waals surface area contributed by atoms with Crippen molar-refractivity contribution in [1.29, 1.82) is 0 Å². The van der Waals surface area contributed by atoms with Crippen LogP contribution in [0.1, 0.15) is 12.0 Å². The molecule has 0 aliphatic carbocycles. The molecule has 1 fully saturated rings. The summed E-state index contributed by atoms with van der Waals surface area (Å²) >= 11 is 0. The van der Waals surface area contributed by atoms with E-state index < -0.39 is 29.0 Å². The number of fused-ring (bicyclic) bond motifs is 1. The third kappa shape index (κ3) is 3.43. The molecule has 3 heterocycles. The molecular formula is C18H22N6O6. The summed E-state index contributed by atoms with van der Waals surface area (Å²) in [5.74, 6) is 0.810. The lowest BCUT2D eigenvalue weighted by Crippen LogP contribution is -2.55. The highest BCUT2D eigenvalue weighted by Gasteiger charge is 2.46. The molecule has 4 atom stereocenters. The van der Waals surface area contributed by atoms with Gasteiger partial charge in [-0.3, -0.25) is 15.1 Å². The molecule has 0 radical (unpaired) electrons. The van der Waals surface area contributed by atoms with Gasteiger partial charge in [-0.15, -0.1) is 0 Å². The van der Waals surface area contributed by atoms with E-state index in [1.807, 2.05) is 0 Å². The lowest BCUT2D eigenvalue weighted by molar-refractivity contribution is -0.385. The number of nitro benzene ring substituents is 1. The van der Waals surface area contributed by atoms with Gasteiger partial charge in [-0.05, 0) is 12.1 Å². The molecule has 3 aliphatic rings. The molecule has 3 aliphatic heterocycles. The molecule has 12 nitrogen and oxygen atoms in total. The van der Waals surface area contributed by atoms with Crippen LogP contribution in [0.15, 0.2) is 33.2 Å². The summed E-state index contributed by atoms with van der Waals surface area (Å²) in [4.78, 5) is 25.8. The van der Waals surface area contributed by atoms with Crippen LogP contribution in [0.4, 0.5) is 5.69 Å². The van der Waals surface area contributed by atoms with Crippen molar-refractivity contribution >= 4 is 23.6 Å². The van der Waals surface area contributed by atoms with E-state index in [-0.39, 0.29) is 31.8 Å². The van der Waals surface area contributed by atoms with E-state index in [1.54, 1.807) is 17.0 Å². The lowest BCUT2D eigenvalue weighted by atomic mass is 9.93. The van der Waals surface area contributed by atoms with Crippen LogP contribution in [0.5, 0.6) is 5.75 Å². The van der Waals surface area contributed by atoms with Gasteiger partial charge in [-0.2, -0.15) is 0 Å². The Hall–Kier alpha value is -2.93. The molecule has 0 amide bonds. The number of nitrogens with two attached hydrogens (primary N) is 1. The number of amidine groups is 1. The van der Waals surface area contributed by atoms with Crippen molar-refractivity contribution in [2.24, 2.45) is 20.7 Å². The van der Waals surface area contributed by atoms with E-state index in [4.69, 9.17) is 15.2 Å². The fourth-order valence-electron chi connectivity index (χ4n) is 3.84. The molecule has 1 unspecified atom stereocenters. The summed E-state index contributed by atoms with van der Waals surface area (Å²) < 4.78 is 10.8. The first-order chi connectivity index (χ1) is 14.4. The maximum absolute atomic E-state index is 11.5. The van der Waals surface area contributed by atoms with Crippen molar-refractivity contribution in [3.8, 4) is 5.75 Å². The van der Waals surface area contributed by atoms with Crippen LogP contribution in [0.25, 0.3) is 0 Å². The first-order valence-electron chi connectivity index (χ1n) is 9.34. The van der Waals surface area contributed by atoms with Gasteiger partial charge in [0.05, 0.1) is 30.8 Å². The molecule has 160 valence electrons. The molecular weight excluding hydrogens is 396 g/mol. The number of aliphatic hydroxyl groups excluding tert-OH is 2.